The topological polar surface area (TPSA) is 37.8 Å². The average molecular weight is 216 g/mol. The lowest BCUT2D eigenvalue weighted by Crippen LogP contribution is -2.16. The number of H-pyrrole nitrogens is 1. The molecule has 0 fully saturated rings. The van der Waals surface area contributed by atoms with Crippen molar-refractivity contribution in [1.82, 2.24) is 9.78 Å². The molecule has 2 aromatic rings. The van der Waals surface area contributed by atoms with Crippen molar-refractivity contribution in [2.24, 2.45) is 0 Å². The van der Waals surface area contributed by atoms with E-state index in [4.69, 9.17) is 0 Å². The minimum absolute atomic E-state index is 0.00139. The highest BCUT2D eigenvalue weighted by Gasteiger charge is 2.09. The molecule has 0 amide bonds. The summed E-state index contributed by atoms with van der Waals surface area (Å²) in [6.45, 7) is 6.01. The maximum atomic E-state index is 11.8. The fourth-order valence-corrected chi connectivity index (χ4v) is 2.00. The highest BCUT2D eigenvalue weighted by atomic mass is 16.1. The van der Waals surface area contributed by atoms with Crippen molar-refractivity contribution in [1.29, 1.82) is 0 Å². The van der Waals surface area contributed by atoms with Crippen LogP contribution in [0.3, 0.4) is 0 Å². The lowest BCUT2D eigenvalue weighted by atomic mass is 10.1. The molecule has 2 rings (SSSR count). The number of aromatic nitrogens is 2. The van der Waals surface area contributed by atoms with Gasteiger partial charge in [0.05, 0.1) is 5.69 Å². The maximum absolute atomic E-state index is 11.8. The monoisotopic (exact) mass is 216 g/mol. The molecule has 0 unspecified atom stereocenters. The van der Waals surface area contributed by atoms with Crippen molar-refractivity contribution >= 4 is 0 Å². The van der Waals surface area contributed by atoms with Gasteiger partial charge in [-0.1, -0.05) is 25.1 Å². The second-order valence-electron chi connectivity index (χ2n) is 4.05. The Kier molecular flexibility index (Phi) is 2.69. The van der Waals surface area contributed by atoms with Crippen LogP contribution in [0.4, 0.5) is 0 Å². The molecule has 0 bridgehead atoms. The van der Waals surface area contributed by atoms with Crippen molar-refractivity contribution in [3.63, 3.8) is 0 Å². The van der Waals surface area contributed by atoms with Gasteiger partial charge in [0.2, 0.25) is 0 Å². The third-order valence-electron chi connectivity index (χ3n) is 2.77. The molecule has 1 N–H and O–H groups in total. The van der Waals surface area contributed by atoms with E-state index in [1.165, 1.54) is 5.56 Å². The second kappa shape index (κ2) is 4.00. The fraction of sp³-hybridized carbons (Fsp3) is 0.308. The maximum Gasteiger partial charge on any atom is 0.271 e. The number of hydrogen-bond donors (Lipinski definition) is 1. The molecule has 3 nitrogen and oxygen atoms in total. The molecule has 3 heteroatoms. The summed E-state index contributed by atoms with van der Waals surface area (Å²) in [7, 11) is 0. The van der Waals surface area contributed by atoms with Crippen LogP contribution in [-0.2, 0) is 6.42 Å². The molecule has 0 aliphatic rings. The van der Waals surface area contributed by atoms with Crippen LogP contribution < -0.4 is 5.56 Å². The van der Waals surface area contributed by atoms with Gasteiger partial charge in [-0.05, 0) is 31.4 Å². The third kappa shape index (κ3) is 1.69. The quantitative estimate of drug-likeness (QED) is 0.822. The molecule has 0 saturated carbocycles. The lowest BCUT2D eigenvalue weighted by Gasteiger charge is -2.11. The van der Waals surface area contributed by atoms with Gasteiger partial charge in [-0.3, -0.25) is 9.89 Å². The Balaban J connectivity index is 2.72. The zero-order valence-corrected chi connectivity index (χ0v) is 9.87. The predicted molar refractivity (Wildman–Crippen MR) is 65.2 cm³/mol. The first-order valence-electron chi connectivity index (χ1n) is 5.51. The molecule has 0 saturated heterocycles. The molecule has 16 heavy (non-hydrogen) atoms. The Hall–Kier alpha value is -1.77. The summed E-state index contributed by atoms with van der Waals surface area (Å²) >= 11 is 0. The van der Waals surface area contributed by atoms with Crippen LogP contribution in [0.5, 0.6) is 0 Å². The predicted octanol–water partition coefficient (Wildman–Crippen LogP) is 2.34. The summed E-state index contributed by atoms with van der Waals surface area (Å²) in [5.41, 5.74) is 4.17. The molecule has 1 aromatic heterocycles. The van der Waals surface area contributed by atoms with E-state index in [9.17, 15) is 4.79 Å². The molecule has 0 spiro atoms. The molecule has 0 radical (unpaired) electrons. The fourth-order valence-electron chi connectivity index (χ4n) is 2.00. The van der Waals surface area contributed by atoms with Crippen LogP contribution >= 0.6 is 0 Å². The number of benzene rings is 1. The standard InChI is InChI=1S/C13H16N2O/c1-4-11-7-5-6-9(2)13(11)15-12(16)8-10(3)14-15/h5-8,14H,4H2,1-3H3. The zero-order valence-electron chi connectivity index (χ0n) is 9.87. The number of rotatable bonds is 2. The van der Waals surface area contributed by atoms with Crippen LogP contribution in [-0.4, -0.2) is 9.78 Å². The molecule has 0 aliphatic heterocycles. The van der Waals surface area contributed by atoms with Gasteiger partial charge < -0.3 is 0 Å². The van der Waals surface area contributed by atoms with Crippen molar-refractivity contribution in [3.05, 3.63) is 51.4 Å². The summed E-state index contributed by atoms with van der Waals surface area (Å²) < 4.78 is 1.63. The molecule has 0 atom stereocenters. The van der Waals surface area contributed by atoms with E-state index in [-0.39, 0.29) is 5.56 Å². The van der Waals surface area contributed by atoms with E-state index in [2.05, 4.69) is 18.1 Å². The first kappa shape index (κ1) is 10.7. The number of aryl methyl sites for hydroxylation is 3. The average Bonchev–Trinajstić information content (AvgIpc) is 2.57. The van der Waals surface area contributed by atoms with Crippen LogP contribution in [0.2, 0.25) is 0 Å². The molecular weight excluding hydrogens is 200 g/mol. The van der Waals surface area contributed by atoms with Gasteiger partial charge in [0.25, 0.3) is 5.56 Å². The summed E-state index contributed by atoms with van der Waals surface area (Å²) in [5.74, 6) is 0. The van der Waals surface area contributed by atoms with Crippen molar-refractivity contribution < 1.29 is 0 Å². The van der Waals surface area contributed by atoms with Gasteiger partial charge >= 0.3 is 0 Å². The van der Waals surface area contributed by atoms with E-state index in [1.807, 2.05) is 26.0 Å². The van der Waals surface area contributed by atoms with E-state index >= 15 is 0 Å². The van der Waals surface area contributed by atoms with Gasteiger partial charge in [-0.25, -0.2) is 4.68 Å². The highest BCUT2D eigenvalue weighted by Crippen LogP contribution is 2.17. The summed E-state index contributed by atoms with van der Waals surface area (Å²) in [6, 6.07) is 7.73. The Morgan fingerprint density at radius 3 is 2.62 bits per heavy atom. The van der Waals surface area contributed by atoms with Crippen LogP contribution in [0.25, 0.3) is 5.69 Å². The Morgan fingerprint density at radius 2 is 2.06 bits per heavy atom. The van der Waals surface area contributed by atoms with Gasteiger partial charge in [0.1, 0.15) is 0 Å². The zero-order chi connectivity index (χ0) is 11.7. The number of aromatic amines is 1. The smallest absolute Gasteiger partial charge is 0.271 e. The SMILES string of the molecule is CCc1cccc(C)c1-n1[nH]c(C)cc1=O. The summed E-state index contributed by atoms with van der Waals surface area (Å²) in [6.07, 6.45) is 0.918. The highest BCUT2D eigenvalue weighted by molar-refractivity contribution is 5.47. The van der Waals surface area contributed by atoms with E-state index in [0.717, 1.165) is 23.4 Å². The van der Waals surface area contributed by atoms with Crippen molar-refractivity contribution in [3.8, 4) is 5.69 Å². The molecular formula is C13H16N2O. The number of hydrogen-bond acceptors (Lipinski definition) is 1. The minimum Gasteiger partial charge on any atom is -0.295 e. The van der Waals surface area contributed by atoms with Gasteiger partial charge in [-0.2, -0.15) is 0 Å². The first-order chi connectivity index (χ1) is 7.63. The third-order valence-corrected chi connectivity index (χ3v) is 2.77. The Morgan fingerprint density at radius 1 is 1.31 bits per heavy atom. The van der Waals surface area contributed by atoms with Gasteiger partial charge in [-0.15, -0.1) is 0 Å². The summed E-state index contributed by atoms with van der Waals surface area (Å²) in [5, 5.41) is 3.08. The van der Waals surface area contributed by atoms with E-state index in [1.54, 1.807) is 10.7 Å². The number of nitrogens with one attached hydrogen (secondary N) is 1. The second-order valence-corrected chi connectivity index (χ2v) is 4.05. The van der Waals surface area contributed by atoms with Crippen molar-refractivity contribution in [2.45, 2.75) is 27.2 Å². The van der Waals surface area contributed by atoms with Crippen LogP contribution in [0.1, 0.15) is 23.7 Å². The van der Waals surface area contributed by atoms with E-state index in [0.29, 0.717) is 0 Å². The van der Waals surface area contributed by atoms with Crippen LogP contribution in [0.15, 0.2) is 29.1 Å². The first-order valence-corrected chi connectivity index (χ1v) is 5.51. The van der Waals surface area contributed by atoms with E-state index < -0.39 is 0 Å². The molecule has 1 heterocycles. The molecule has 84 valence electrons. The lowest BCUT2D eigenvalue weighted by molar-refractivity contribution is 0.815. The Labute approximate surface area is 94.7 Å². The van der Waals surface area contributed by atoms with Gasteiger partial charge in [0, 0.05) is 11.8 Å². The minimum atomic E-state index is 0.00139. The van der Waals surface area contributed by atoms with Crippen molar-refractivity contribution in [2.75, 3.05) is 0 Å². The normalized spacial score (nSPS) is 10.7. The largest absolute Gasteiger partial charge is 0.295 e. The molecule has 1 aromatic carbocycles. The number of nitrogens with zero attached hydrogens (tertiary/aromatic N) is 1. The Bertz CT molecular complexity index is 564. The summed E-state index contributed by atoms with van der Waals surface area (Å²) in [4.78, 5) is 11.8. The van der Waals surface area contributed by atoms with Crippen LogP contribution in [0, 0.1) is 13.8 Å². The molecule has 0 aliphatic carbocycles. The number of para-hydroxylation sites is 1. The van der Waals surface area contributed by atoms with Gasteiger partial charge in [0.15, 0.2) is 0 Å².